The molecule has 1 N–H and O–H groups in total. The molecule has 0 spiro atoms. The van der Waals surface area contributed by atoms with Crippen molar-refractivity contribution in [3.8, 4) is 0 Å². The smallest absolute Gasteiger partial charge is 0.225 e. The highest BCUT2D eigenvalue weighted by Crippen LogP contribution is 2.39. The van der Waals surface area contributed by atoms with Gasteiger partial charge in [0.05, 0.1) is 5.39 Å². The lowest BCUT2D eigenvalue weighted by Crippen LogP contribution is -2.23. The van der Waals surface area contributed by atoms with Crippen molar-refractivity contribution < 1.29 is 0 Å². The zero-order valence-corrected chi connectivity index (χ0v) is 13.7. The fourth-order valence-corrected chi connectivity index (χ4v) is 5.21. The van der Waals surface area contributed by atoms with Crippen molar-refractivity contribution in [3.05, 3.63) is 15.6 Å². The molecule has 2 heterocycles. The number of thiophene rings is 1. The van der Waals surface area contributed by atoms with Gasteiger partial charge in [-0.05, 0) is 44.1 Å². The summed E-state index contributed by atoms with van der Waals surface area (Å²) in [4.78, 5) is 11.8. The van der Waals surface area contributed by atoms with Crippen molar-refractivity contribution in [1.82, 2.24) is 9.97 Å². The van der Waals surface area contributed by atoms with Crippen LogP contribution >= 0.6 is 22.9 Å². The van der Waals surface area contributed by atoms with Crippen LogP contribution in [0, 0.1) is 0 Å². The first-order valence-corrected chi connectivity index (χ1v) is 9.25. The fourth-order valence-electron chi connectivity index (χ4n) is 3.61. The zero-order chi connectivity index (χ0) is 14.2. The number of aromatic nitrogens is 2. The highest BCUT2D eigenvalue weighted by molar-refractivity contribution is 7.19. The van der Waals surface area contributed by atoms with Gasteiger partial charge in [0, 0.05) is 10.9 Å². The minimum Gasteiger partial charge on any atom is -0.351 e. The molecule has 0 atom stereocenters. The lowest BCUT2D eigenvalue weighted by Gasteiger charge is -2.22. The van der Waals surface area contributed by atoms with E-state index >= 15 is 0 Å². The van der Waals surface area contributed by atoms with Gasteiger partial charge >= 0.3 is 0 Å². The normalized spacial score (nSPS) is 19.7. The van der Waals surface area contributed by atoms with Crippen molar-refractivity contribution in [2.75, 3.05) is 5.32 Å². The molecular weight excluding hydrogens is 302 g/mol. The van der Waals surface area contributed by atoms with Crippen LogP contribution in [0.1, 0.15) is 55.4 Å². The van der Waals surface area contributed by atoms with Gasteiger partial charge in [-0.3, -0.25) is 0 Å². The minimum absolute atomic E-state index is 0.516. The largest absolute Gasteiger partial charge is 0.351 e. The number of nitrogens with zero attached hydrogens (tertiary/aromatic N) is 2. The van der Waals surface area contributed by atoms with Crippen LogP contribution in [0.4, 0.5) is 5.95 Å². The molecule has 1 saturated carbocycles. The lowest BCUT2D eigenvalue weighted by molar-refractivity contribution is 0.461. The van der Waals surface area contributed by atoms with E-state index < -0.39 is 0 Å². The molecule has 21 heavy (non-hydrogen) atoms. The Morgan fingerprint density at radius 3 is 2.67 bits per heavy atom. The average Bonchev–Trinajstić information content (AvgIpc) is 2.87. The summed E-state index contributed by atoms with van der Waals surface area (Å²) < 4.78 is 0. The molecule has 0 unspecified atom stereocenters. The highest BCUT2D eigenvalue weighted by atomic mass is 35.5. The third-order valence-corrected chi connectivity index (χ3v) is 6.17. The molecule has 0 bridgehead atoms. The maximum Gasteiger partial charge on any atom is 0.225 e. The number of halogens is 1. The second-order valence-corrected chi connectivity index (χ2v) is 7.65. The Balaban J connectivity index is 1.68. The summed E-state index contributed by atoms with van der Waals surface area (Å²) in [5, 5.41) is 5.25. The van der Waals surface area contributed by atoms with Crippen molar-refractivity contribution in [3.63, 3.8) is 0 Å². The summed E-state index contributed by atoms with van der Waals surface area (Å²) in [7, 11) is 0. The van der Waals surface area contributed by atoms with Gasteiger partial charge in [-0.1, -0.05) is 30.9 Å². The average molecular weight is 322 g/mol. The van der Waals surface area contributed by atoms with E-state index in [9.17, 15) is 0 Å². The molecule has 3 nitrogen and oxygen atoms in total. The Labute approximate surface area is 134 Å². The molecule has 2 aliphatic rings. The van der Waals surface area contributed by atoms with E-state index in [1.165, 1.54) is 61.8 Å². The van der Waals surface area contributed by atoms with E-state index in [0.717, 1.165) is 22.6 Å². The first-order valence-electron chi connectivity index (χ1n) is 8.05. The quantitative estimate of drug-likeness (QED) is 0.794. The van der Waals surface area contributed by atoms with Crippen LogP contribution < -0.4 is 5.32 Å². The second-order valence-electron chi connectivity index (χ2n) is 6.21. The molecule has 0 radical (unpaired) electrons. The monoisotopic (exact) mass is 321 g/mol. The van der Waals surface area contributed by atoms with E-state index in [2.05, 4.69) is 10.3 Å². The number of hydrogen-bond donors (Lipinski definition) is 1. The number of anilines is 1. The van der Waals surface area contributed by atoms with Crippen LogP contribution in [0.2, 0.25) is 5.15 Å². The van der Waals surface area contributed by atoms with Gasteiger partial charge in [-0.25, -0.2) is 9.97 Å². The summed E-state index contributed by atoms with van der Waals surface area (Å²) in [6.45, 7) is 0. The summed E-state index contributed by atoms with van der Waals surface area (Å²) in [5.74, 6) is 0.720. The van der Waals surface area contributed by atoms with E-state index in [0.29, 0.717) is 11.2 Å². The Bertz CT molecular complexity index is 661. The third kappa shape index (κ3) is 2.64. The van der Waals surface area contributed by atoms with Crippen LogP contribution in [0.5, 0.6) is 0 Å². The maximum absolute atomic E-state index is 6.47. The summed E-state index contributed by atoms with van der Waals surface area (Å²) >= 11 is 8.29. The van der Waals surface area contributed by atoms with Crippen molar-refractivity contribution in [1.29, 1.82) is 0 Å². The first-order chi connectivity index (χ1) is 10.3. The first kappa shape index (κ1) is 13.8. The van der Waals surface area contributed by atoms with Gasteiger partial charge in [0.2, 0.25) is 5.95 Å². The lowest BCUT2D eigenvalue weighted by atomic mass is 9.96. The minimum atomic E-state index is 0.516. The zero-order valence-electron chi connectivity index (χ0n) is 12.1. The van der Waals surface area contributed by atoms with Gasteiger partial charge in [0.25, 0.3) is 0 Å². The molecule has 112 valence electrons. The summed E-state index contributed by atoms with van der Waals surface area (Å²) in [6, 6.07) is 0.516. The predicted octanol–water partition coefficient (Wildman–Crippen LogP) is 4.97. The van der Waals surface area contributed by atoms with Crippen LogP contribution in [0.15, 0.2) is 0 Å². The van der Waals surface area contributed by atoms with Crippen molar-refractivity contribution in [2.24, 2.45) is 0 Å². The highest BCUT2D eigenvalue weighted by Gasteiger charge is 2.21. The van der Waals surface area contributed by atoms with E-state index in [1.54, 1.807) is 0 Å². The maximum atomic E-state index is 6.47. The number of nitrogens with one attached hydrogen (secondary N) is 1. The number of hydrogen-bond acceptors (Lipinski definition) is 4. The third-order valence-electron chi connectivity index (χ3n) is 4.71. The molecule has 2 aliphatic carbocycles. The molecule has 2 aromatic heterocycles. The van der Waals surface area contributed by atoms with Crippen LogP contribution in [-0.4, -0.2) is 16.0 Å². The van der Waals surface area contributed by atoms with Crippen LogP contribution in [0.25, 0.3) is 10.2 Å². The van der Waals surface area contributed by atoms with Gasteiger partial charge < -0.3 is 5.32 Å². The fraction of sp³-hybridized carbons (Fsp3) is 0.625. The molecule has 2 aromatic rings. The molecule has 0 amide bonds. The van der Waals surface area contributed by atoms with Crippen molar-refractivity contribution in [2.45, 2.75) is 63.8 Å². The molecule has 1 fully saturated rings. The van der Waals surface area contributed by atoms with Gasteiger partial charge in [0.1, 0.15) is 9.98 Å². The van der Waals surface area contributed by atoms with Crippen LogP contribution in [0.3, 0.4) is 0 Å². The number of rotatable bonds is 2. The Morgan fingerprint density at radius 2 is 1.81 bits per heavy atom. The topological polar surface area (TPSA) is 37.8 Å². The number of fused-ring (bicyclic) bond motifs is 3. The predicted molar refractivity (Wildman–Crippen MR) is 89.6 cm³/mol. The molecule has 0 aromatic carbocycles. The number of aryl methyl sites for hydroxylation is 2. The molecule has 0 saturated heterocycles. The van der Waals surface area contributed by atoms with Gasteiger partial charge in [0.15, 0.2) is 0 Å². The van der Waals surface area contributed by atoms with E-state index in [4.69, 9.17) is 16.6 Å². The molecule has 0 aliphatic heterocycles. The molecule has 4 rings (SSSR count). The van der Waals surface area contributed by atoms with Crippen LogP contribution in [-0.2, 0) is 12.8 Å². The SMILES string of the molecule is Clc1nc(NC2CCCCC2)nc2sc3c(c12)CCCC3. The van der Waals surface area contributed by atoms with E-state index in [1.807, 2.05) is 11.3 Å². The molecule has 5 heteroatoms. The summed E-state index contributed by atoms with van der Waals surface area (Å²) in [6.07, 6.45) is 11.3. The Hall–Kier alpha value is -0.870. The Morgan fingerprint density at radius 1 is 1.00 bits per heavy atom. The Kier molecular flexibility index (Phi) is 3.76. The van der Waals surface area contributed by atoms with E-state index in [-0.39, 0.29) is 0 Å². The van der Waals surface area contributed by atoms with Gasteiger partial charge in [-0.15, -0.1) is 11.3 Å². The molecular formula is C16H20ClN3S. The van der Waals surface area contributed by atoms with Crippen molar-refractivity contribution >= 4 is 39.1 Å². The second kappa shape index (κ2) is 5.73. The van der Waals surface area contributed by atoms with Gasteiger partial charge in [-0.2, -0.15) is 0 Å². The standard InChI is InChI=1S/C16H20ClN3S/c17-14-13-11-8-4-5-9-12(11)21-15(13)20-16(19-14)18-10-6-2-1-3-7-10/h10H,1-9H2,(H,18,19,20). The summed E-state index contributed by atoms with van der Waals surface area (Å²) in [5.41, 5.74) is 1.41.